The SMILES string of the molecule is CC1CC([NH+]2CCCCC2)CC(C)(C)C1. The van der Waals surface area contributed by atoms with Gasteiger partial charge in [0.2, 0.25) is 0 Å². The van der Waals surface area contributed by atoms with Crippen molar-refractivity contribution in [1.82, 2.24) is 0 Å². The first-order valence-corrected chi connectivity index (χ1v) is 6.91. The third kappa shape index (κ3) is 2.96. The molecule has 0 aromatic heterocycles. The summed E-state index contributed by atoms with van der Waals surface area (Å²) in [5.41, 5.74) is 0.604. The minimum absolute atomic E-state index is 0.604. The zero-order valence-corrected chi connectivity index (χ0v) is 10.8. The monoisotopic (exact) mass is 210 g/mol. The predicted octanol–water partition coefficient (Wildman–Crippen LogP) is 2.27. The molecule has 1 heterocycles. The lowest BCUT2D eigenvalue weighted by atomic mass is 9.70. The molecule has 1 aliphatic heterocycles. The van der Waals surface area contributed by atoms with Crippen LogP contribution in [0.3, 0.4) is 0 Å². The van der Waals surface area contributed by atoms with E-state index >= 15 is 0 Å². The molecule has 0 spiro atoms. The predicted molar refractivity (Wildman–Crippen MR) is 65.1 cm³/mol. The zero-order valence-electron chi connectivity index (χ0n) is 10.8. The van der Waals surface area contributed by atoms with Gasteiger partial charge in [-0.05, 0) is 37.0 Å². The molecular weight excluding hydrogens is 182 g/mol. The van der Waals surface area contributed by atoms with Crippen LogP contribution in [-0.2, 0) is 0 Å². The molecule has 1 saturated carbocycles. The fraction of sp³-hybridized carbons (Fsp3) is 1.00. The Bertz CT molecular complexity index is 203. The van der Waals surface area contributed by atoms with Crippen molar-refractivity contribution in [2.45, 2.75) is 65.3 Å². The van der Waals surface area contributed by atoms with E-state index in [-0.39, 0.29) is 0 Å². The van der Waals surface area contributed by atoms with Crippen LogP contribution in [0.25, 0.3) is 0 Å². The second-order valence-corrected chi connectivity index (χ2v) is 6.83. The number of rotatable bonds is 1. The number of hydrogen-bond acceptors (Lipinski definition) is 0. The molecule has 0 amide bonds. The van der Waals surface area contributed by atoms with Gasteiger partial charge in [0.15, 0.2) is 0 Å². The molecule has 88 valence electrons. The van der Waals surface area contributed by atoms with Gasteiger partial charge in [-0.25, -0.2) is 0 Å². The molecule has 0 radical (unpaired) electrons. The van der Waals surface area contributed by atoms with E-state index in [4.69, 9.17) is 0 Å². The average molecular weight is 210 g/mol. The fourth-order valence-corrected chi connectivity index (χ4v) is 4.07. The van der Waals surface area contributed by atoms with Gasteiger partial charge in [0.25, 0.3) is 0 Å². The largest absolute Gasteiger partial charge is 0.332 e. The van der Waals surface area contributed by atoms with Crippen LogP contribution in [0.15, 0.2) is 0 Å². The molecule has 1 saturated heterocycles. The normalized spacial score (nSPS) is 37.8. The molecule has 1 aliphatic carbocycles. The summed E-state index contributed by atoms with van der Waals surface area (Å²) in [5.74, 6) is 0.952. The van der Waals surface area contributed by atoms with Gasteiger partial charge in [0.1, 0.15) is 0 Å². The molecule has 2 fully saturated rings. The highest BCUT2D eigenvalue weighted by Gasteiger charge is 2.37. The summed E-state index contributed by atoms with van der Waals surface area (Å²) in [4.78, 5) is 1.93. The Hall–Kier alpha value is -0.0400. The van der Waals surface area contributed by atoms with Crippen molar-refractivity contribution in [3.8, 4) is 0 Å². The van der Waals surface area contributed by atoms with Crippen LogP contribution in [0.4, 0.5) is 0 Å². The van der Waals surface area contributed by atoms with E-state index in [0.29, 0.717) is 5.41 Å². The Balaban J connectivity index is 1.95. The Morgan fingerprint density at radius 1 is 1.00 bits per heavy atom. The molecule has 1 N–H and O–H groups in total. The van der Waals surface area contributed by atoms with Gasteiger partial charge in [0.05, 0.1) is 19.1 Å². The van der Waals surface area contributed by atoms with Crippen molar-refractivity contribution >= 4 is 0 Å². The quantitative estimate of drug-likeness (QED) is 0.677. The number of hydrogen-bond donors (Lipinski definition) is 1. The zero-order chi connectivity index (χ0) is 10.9. The number of piperidine rings is 1. The van der Waals surface area contributed by atoms with E-state index < -0.39 is 0 Å². The van der Waals surface area contributed by atoms with Crippen molar-refractivity contribution < 1.29 is 4.90 Å². The van der Waals surface area contributed by atoms with Crippen LogP contribution >= 0.6 is 0 Å². The van der Waals surface area contributed by atoms with E-state index in [2.05, 4.69) is 20.8 Å². The van der Waals surface area contributed by atoms with Gasteiger partial charge in [-0.15, -0.1) is 0 Å². The average Bonchev–Trinajstić information content (AvgIpc) is 2.16. The summed E-state index contributed by atoms with van der Waals surface area (Å²) >= 11 is 0. The summed E-state index contributed by atoms with van der Waals surface area (Å²) in [6.07, 6.45) is 8.82. The third-order valence-corrected chi connectivity index (χ3v) is 4.46. The van der Waals surface area contributed by atoms with Gasteiger partial charge in [-0.2, -0.15) is 0 Å². The van der Waals surface area contributed by atoms with Crippen LogP contribution in [0.1, 0.15) is 59.3 Å². The third-order valence-electron chi connectivity index (χ3n) is 4.46. The van der Waals surface area contributed by atoms with Crippen molar-refractivity contribution in [2.75, 3.05) is 13.1 Å². The maximum absolute atomic E-state index is 2.47. The summed E-state index contributed by atoms with van der Waals surface area (Å²) in [6, 6.07) is 0.976. The van der Waals surface area contributed by atoms with Gasteiger partial charge >= 0.3 is 0 Å². The summed E-state index contributed by atoms with van der Waals surface area (Å²) in [5, 5.41) is 0. The fourth-order valence-electron chi connectivity index (χ4n) is 4.07. The second kappa shape index (κ2) is 4.45. The molecule has 2 unspecified atom stereocenters. The van der Waals surface area contributed by atoms with Crippen LogP contribution in [0, 0.1) is 11.3 Å². The Morgan fingerprint density at radius 3 is 2.27 bits per heavy atom. The Morgan fingerprint density at radius 2 is 1.67 bits per heavy atom. The minimum atomic E-state index is 0.604. The van der Waals surface area contributed by atoms with E-state index in [9.17, 15) is 0 Å². The van der Waals surface area contributed by atoms with Crippen molar-refractivity contribution in [3.05, 3.63) is 0 Å². The lowest BCUT2D eigenvalue weighted by molar-refractivity contribution is -0.932. The first-order chi connectivity index (χ1) is 7.07. The molecule has 2 aliphatic rings. The first kappa shape index (κ1) is 11.4. The van der Waals surface area contributed by atoms with Crippen LogP contribution in [-0.4, -0.2) is 19.1 Å². The molecular formula is C14H28N+. The topological polar surface area (TPSA) is 4.44 Å². The molecule has 0 aromatic rings. The number of nitrogens with one attached hydrogen (secondary N) is 1. The van der Waals surface area contributed by atoms with E-state index in [1.807, 2.05) is 4.90 Å². The molecule has 2 rings (SSSR count). The summed E-state index contributed by atoms with van der Waals surface area (Å²) < 4.78 is 0. The van der Waals surface area contributed by atoms with Gasteiger partial charge in [-0.3, -0.25) is 0 Å². The molecule has 1 heteroatoms. The lowest BCUT2D eigenvalue weighted by Crippen LogP contribution is -3.16. The van der Waals surface area contributed by atoms with Crippen molar-refractivity contribution in [1.29, 1.82) is 0 Å². The second-order valence-electron chi connectivity index (χ2n) is 6.83. The maximum atomic E-state index is 2.47. The van der Waals surface area contributed by atoms with Crippen LogP contribution in [0.5, 0.6) is 0 Å². The molecule has 1 nitrogen and oxygen atoms in total. The smallest absolute Gasteiger partial charge is 0.0882 e. The first-order valence-electron chi connectivity index (χ1n) is 6.91. The van der Waals surface area contributed by atoms with E-state index in [0.717, 1.165) is 12.0 Å². The molecule has 2 atom stereocenters. The van der Waals surface area contributed by atoms with E-state index in [1.54, 1.807) is 0 Å². The van der Waals surface area contributed by atoms with Crippen LogP contribution < -0.4 is 4.90 Å². The lowest BCUT2D eigenvalue weighted by Gasteiger charge is -2.42. The maximum Gasteiger partial charge on any atom is 0.0882 e. The summed E-state index contributed by atoms with van der Waals surface area (Å²) in [6.45, 7) is 10.3. The van der Waals surface area contributed by atoms with Gasteiger partial charge in [-0.1, -0.05) is 20.8 Å². The van der Waals surface area contributed by atoms with E-state index in [1.165, 1.54) is 51.6 Å². The Kier molecular flexibility index (Phi) is 3.39. The highest BCUT2D eigenvalue weighted by molar-refractivity contribution is 4.82. The number of quaternary nitrogens is 1. The highest BCUT2D eigenvalue weighted by Crippen LogP contribution is 2.37. The standard InChI is InChI=1S/C14H27N/c1-12-9-13(11-14(2,3)10-12)15-7-5-4-6-8-15/h12-13H,4-11H2,1-3H3/p+1. The van der Waals surface area contributed by atoms with Crippen molar-refractivity contribution in [3.63, 3.8) is 0 Å². The molecule has 0 aromatic carbocycles. The van der Waals surface area contributed by atoms with Gasteiger partial charge < -0.3 is 4.90 Å². The molecule has 15 heavy (non-hydrogen) atoms. The molecule has 0 bridgehead atoms. The minimum Gasteiger partial charge on any atom is -0.332 e. The summed E-state index contributed by atoms with van der Waals surface area (Å²) in [7, 11) is 0. The highest BCUT2D eigenvalue weighted by atomic mass is 15.2. The van der Waals surface area contributed by atoms with Crippen molar-refractivity contribution in [2.24, 2.45) is 11.3 Å². The van der Waals surface area contributed by atoms with Crippen LogP contribution in [0.2, 0.25) is 0 Å². The van der Waals surface area contributed by atoms with Gasteiger partial charge in [0, 0.05) is 12.8 Å². The Labute approximate surface area is 95.2 Å². The number of likely N-dealkylation sites (tertiary alicyclic amines) is 1.